The van der Waals surface area contributed by atoms with Crippen molar-refractivity contribution in [2.45, 2.75) is 46.1 Å². The molecular weight excluding hydrogens is 216 g/mol. The van der Waals surface area contributed by atoms with Crippen LogP contribution < -0.4 is 5.56 Å². The van der Waals surface area contributed by atoms with Crippen molar-refractivity contribution in [1.29, 1.82) is 0 Å². The van der Waals surface area contributed by atoms with Gasteiger partial charge in [0.1, 0.15) is 5.82 Å². The lowest BCUT2D eigenvalue weighted by Crippen LogP contribution is -2.32. The molecule has 1 aliphatic rings. The monoisotopic (exact) mass is 236 g/mol. The van der Waals surface area contributed by atoms with E-state index in [1.54, 1.807) is 0 Å². The second kappa shape index (κ2) is 5.45. The van der Waals surface area contributed by atoms with Crippen molar-refractivity contribution in [1.82, 2.24) is 9.55 Å². The predicted molar refractivity (Wildman–Crippen MR) is 66.4 cm³/mol. The maximum Gasteiger partial charge on any atom is 0.257 e. The molecule has 0 aliphatic carbocycles. The van der Waals surface area contributed by atoms with Gasteiger partial charge in [-0.25, -0.2) is 4.98 Å². The molecule has 0 unspecified atom stereocenters. The Hall–Kier alpha value is -1.16. The van der Waals surface area contributed by atoms with E-state index in [0.29, 0.717) is 19.6 Å². The molecule has 0 N–H and O–H groups in total. The first-order valence-corrected chi connectivity index (χ1v) is 6.41. The van der Waals surface area contributed by atoms with Crippen LogP contribution in [-0.2, 0) is 24.1 Å². The van der Waals surface area contributed by atoms with E-state index in [1.165, 1.54) is 0 Å². The lowest BCUT2D eigenvalue weighted by atomic mass is 10.1. The fraction of sp³-hybridized carbons (Fsp3) is 0.692. The number of fused-ring (bicyclic) bond motifs is 1. The molecule has 0 saturated carbocycles. The Morgan fingerprint density at radius 3 is 3.00 bits per heavy atom. The van der Waals surface area contributed by atoms with Crippen molar-refractivity contribution in [2.24, 2.45) is 0 Å². The smallest absolute Gasteiger partial charge is 0.257 e. The largest absolute Gasteiger partial charge is 0.381 e. The number of ether oxygens (including phenoxy) is 1. The number of rotatable bonds is 4. The van der Waals surface area contributed by atoms with Crippen LogP contribution >= 0.6 is 0 Å². The lowest BCUT2D eigenvalue weighted by molar-refractivity contribution is 0.150. The summed E-state index contributed by atoms with van der Waals surface area (Å²) in [6.07, 6.45) is 3.83. The molecular formula is C13H20N2O2. The number of hydrogen-bond donors (Lipinski definition) is 0. The van der Waals surface area contributed by atoms with E-state index in [1.807, 2.05) is 18.4 Å². The van der Waals surface area contributed by atoms with Gasteiger partial charge in [0.2, 0.25) is 0 Å². The molecule has 1 aromatic heterocycles. The average Bonchev–Trinajstić information content (AvgIpc) is 2.33. The molecule has 2 rings (SSSR count). The first kappa shape index (κ1) is 12.3. The van der Waals surface area contributed by atoms with Crippen LogP contribution in [0.1, 0.15) is 36.8 Å². The van der Waals surface area contributed by atoms with Crippen LogP contribution in [-0.4, -0.2) is 22.8 Å². The third-order valence-electron chi connectivity index (χ3n) is 3.28. The Bertz CT molecular complexity index is 451. The van der Waals surface area contributed by atoms with Gasteiger partial charge in [-0.3, -0.25) is 9.36 Å². The van der Waals surface area contributed by atoms with Gasteiger partial charge in [-0.2, -0.15) is 0 Å². The minimum absolute atomic E-state index is 0.145. The third kappa shape index (κ3) is 2.57. The number of nitrogens with zero attached hydrogens (tertiary/aromatic N) is 2. The van der Waals surface area contributed by atoms with Gasteiger partial charge in [0, 0.05) is 37.3 Å². The van der Waals surface area contributed by atoms with Crippen molar-refractivity contribution < 1.29 is 4.74 Å². The van der Waals surface area contributed by atoms with Gasteiger partial charge >= 0.3 is 0 Å². The molecule has 4 heteroatoms. The summed E-state index contributed by atoms with van der Waals surface area (Å²) < 4.78 is 7.16. The predicted octanol–water partition coefficient (Wildman–Crippen LogP) is 1.47. The van der Waals surface area contributed by atoms with Crippen LogP contribution in [0.15, 0.2) is 4.79 Å². The summed E-state index contributed by atoms with van der Waals surface area (Å²) in [6.45, 7) is 6.01. The Kier molecular flexibility index (Phi) is 3.94. The standard InChI is InChI=1S/C13H20N2O2/c1-3-17-9-7-11-10(2)14-12-6-4-5-8-15(12)13(11)16/h3-9H2,1-2H3. The highest BCUT2D eigenvalue weighted by atomic mass is 16.5. The highest BCUT2D eigenvalue weighted by molar-refractivity contribution is 5.18. The fourth-order valence-corrected chi connectivity index (χ4v) is 2.34. The Labute approximate surface area is 102 Å². The number of aromatic nitrogens is 2. The molecule has 0 bridgehead atoms. The minimum atomic E-state index is 0.145. The van der Waals surface area contributed by atoms with Crippen molar-refractivity contribution >= 4 is 0 Å². The van der Waals surface area contributed by atoms with Crippen molar-refractivity contribution in [2.75, 3.05) is 13.2 Å². The van der Waals surface area contributed by atoms with E-state index in [4.69, 9.17) is 4.74 Å². The summed E-state index contributed by atoms with van der Waals surface area (Å²) in [5.74, 6) is 0.957. The van der Waals surface area contributed by atoms with E-state index >= 15 is 0 Å². The topological polar surface area (TPSA) is 44.1 Å². The zero-order chi connectivity index (χ0) is 12.3. The van der Waals surface area contributed by atoms with Gasteiger partial charge in [-0.1, -0.05) is 0 Å². The van der Waals surface area contributed by atoms with Crippen LogP contribution in [0.5, 0.6) is 0 Å². The zero-order valence-corrected chi connectivity index (χ0v) is 10.7. The highest BCUT2D eigenvalue weighted by Gasteiger charge is 2.16. The Balaban J connectivity index is 2.29. The summed E-state index contributed by atoms with van der Waals surface area (Å²) in [6, 6.07) is 0. The summed E-state index contributed by atoms with van der Waals surface area (Å²) in [5.41, 5.74) is 1.85. The molecule has 4 nitrogen and oxygen atoms in total. The molecule has 2 heterocycles. The van der Waals surface area contributed by atoms with E-state index in [-0.39, 0.29) is 5.56 Å². The molecule has 0 saturated heterocycles. The fourth-order valence-electron chi connectivity index (χ4n) is 2.34. The van der Waals surface area contributed by atoms with Gasteiger partial charge in [-0.15, -0.1) is 0 Å². The van der Waals surface area contributed by atoms with Gasteiger partial charge in [0.25, 0.3) is 5.56 Å². The molecule has 0 radical (unpaired) electrons. The first-order valence-electron chi connectivity index (χ1n) is 6.41. The second-order valence-corrected chi connectivity index (χ2v) is 4.45. The second-order valence-electron chi connectivity index (χ2n) is 4.45. The Morgan fingerprint density at radius 2 is 2.24 bits per heavy atom. The maximum absolute atomic E-state index is 12.3. The maximum atomic E-state index is 12.3. The van der Waals surface area contributed by atoms with E-state index in [0.717, 1.165) is 42.9 Å². The van der Waals surface area contributed by atoms with E-state index in [2.05, 4.69) is 4.98 Å². The molecule has 0 amide bonds. The molecule has 0 spiro atoms. The van der Waals surface area contributed by atoms with Crippen LogP contribution in [0.25, 0.3) is 0 Å². The SMILES string of the molecule is CCOCCc1c(C)nc2n(c1=O)CCCC2. The molecule has 0 fully saturated rings. The Morgan fingerprint density at radius 1 is 1.41 bits per heavy atom. The molecule has 1 aliphatic heterocycles. The molecule has 17 heavy (non-hydrogen) atoms. The van der Waals surface area contributed by atoms with Crippen LogP contribution in [0.3, 0.4) is 0 Å². The van der Waals surface area contributed by atoms with Crippen molar-refractivity contribution in [3.63, 3.8) is 0 Å². The molecule has 94 valence electrons. The van der Waals surface area contributed by atoms with Gasteiger partial charge in [-0.05, 0) is 26.7 Å². The zero-order valence-electron chi connectivity index (χ0n) is 10.7. The molecule has 1 aromatic rings. The summed E-state index contributed by atoms with van der Waals surface area (Å²) in [4.78, 5) is 16.9. The van der Waals surface area contributed by atoms with Gasteiger partial charge in [0.05, 0.1) is 6.61 Å². The quantitative estimate of drug-likeness (QED) is 0.744. The minimum Gasteiger partial charge on any atom is -0.381 e. The molecule has 0 aromatic carbocycles. The third-order valence-corrected chi connectivity index (χ3v) is 3.28. The normalized spacial score (nSPS) is 14.7. The number of aryl methyl sites for hydroxylation is 2. The van der Waals surface area contributed by atoms with Gasteiger partial charge < -0.3 is 4.74 Å². The summed E-state index contributed by atoms with van der Waals surface area (Å²) in [7, 11) is 0. The van der Waals surface area contributed by atoms with Crippen LogP contribution in [0.2, 0.25) is 0 Å². The average molecular weight is 236 g/mol. The van der Waals surface area contributed by atoms with Crippen LogP contribution in [0, 0.1) is 6.92 Å². The van der Waals surface area contributed by atoms with Crippen LogP contribution in [0.4, 0.5) is 0 Å². The first-order chi connectivity index (χ1) is 8.24. The summed E-state index contributed by atoms with van der Waals surface area (Å²) in [5, 5.41) is 0. The van der Waals surface area contributed by atoms with E-state index < -0.39 is 0 Å². The lowest BCUT2D eigenvalue weighted by Gasteiger charge is -2.19. The van der Waals surface area contributed by atoms with Crippen molar-refractivity contribution in [3.05, 3.63) is 27.4 Å². The summed E-state index contributed by atoms with van der Waals surface area (Å²) >= 11 is 0. The van der Waals surface area contributed by atoms with Crippen molar-refractivity contribution in [3.8, 4) is 0 Å². The number of hydrogen-bond acceptors (Lipinski definition) is 3. The van der Waals surface area contributed by atoms with E-state index in [9.17, 15) is 4.79 Å². The highest BCUT2D eigenvalue weighted by Crippen LogP contribution is 2.12. The molecule has 0 atom stereocenters. The van der Waals surface area contributed by atoms with Gasteiger partial charge in [0.15, 0.2) is 0 Å².